The average molecular weight is 254 g/mol. The normalized spacial score (nSPS) is 14.3. The van der Waals surface area contributed by atoms with Gasteiger partial charge in [-0.15, -0.1) is 0 Å². The number of likely N-dealkylation sites (N-methyl/N-ethyl adjacent to an activating group) is 1. The van der Waals surface area contributed by atoms with Crippen LogP contribution >= 0.6 is 0 Å². The Morgan fingerprint density at radius 2 is 2.00 bits per heavy atom. The Morgan fingerprint density at radius 3 is 2.67 bits per heavy atom. The van der Waals surface area contributed by atoms with Crippen LogP contribution in [0.25, 0.3) is 0 Å². The Balaban J connectivity index is 2.35. The Kier molecular flexibility index (Phi) is 3.38. The van der Waals surface area contributed by atoms with Crippen molar-refractivity contribution in [3.63, 3.8) is 0 Å². The van der Waals surface area contributed by atoms with E-state index in [1.54, 1.807) is 0 Å². The molecule has 96 valence electrons. The largest absolute Gasteiger partial charge is 0.315 e. The molecule has 18 heavy (non-hydrogen) atoms. The molecule has 0 atom stereocenters. The van der Waals surface area contributed by atoms with Crippen LogP contribution in [0.5, 0.6) is 0 Å². The van der Waals surface area contributed by atoms with Gasteiger partial charge in [0.1, 0.15) is 11.6 Å². The Hall–Kier alpha value is -1.82. The summed E-state index contributed by atoms with van der Waals surface area (Å²) in [5.74, 6) is -3.53. The molecule has 6 heteroatoms. The molecule has 4 nitrogen and oxygen atoms in total. The quantitative estimate of drug-likeness (QED) is 0.646. The molecule has 0 spiro atoms. The molecule has 0 aromatic heterocycles. The number of rotatable bonds is 4. The van der Waals surface area contributed by atoms with Crippen LogP contribution in [-0.2, 0) is 4.79 Å². The van der Waals surface area contributed by atoms with E-state index in [0.717, 1.165) is 11.0 Å². The molecule has 1 N–H and O–H groups in total. The second kappa shape index (κ2) is 4.81. The van der Waals surface area contributed by atoms with Gasteiger partial charge in [0.05, 0.1) is 11.3 Å². The van der Waals surface area contributed by atoms with Crippen LogP contribution in [0, 0.1) is 11.6 Å². The van der Waals surface area contributed by atoms with E-state index in [1.807, 2.05) is 6.92 Å². The van der Waals surface area contributed by atoms with Crippen molar-refractivity contribution < 1.29 is 18.4 Å². The van der Waals surface area contributed by atoms with Crippen molar-refractivity contribution >= 4 is 17.4 Å². The Bertz CT molecular complexity index is 517. The van der Waals surface area contributed by atoms with Gasteiger partial charge in [0.2, 0.25) is 0 Å². The molecule has 0 saturated carbocycles. The molecule has 0 bridgehead atoms. The van der Waals surface area contributed by atoms with Crippen molar-refractivity contribution in [1.29, 1.82) is 0 Å². The molecule has 0 saturated heterocycles. The lowest BCUT2D eigenvalue weighted by molar-refractivity contribution is -0.114. The summed E-state index contributed by atoms with van der Waals surface area (Å²) in [5.41, 5.74) is -0.321. The number of fused-ring (bicyclic) bond motifs is 1. The van der Waals surface area contributed by atoms with E-state index in [1.165, 1.54) is 0 Å². The van der Waals surface area contributed by atoms with Crippen LogP contribution in [0.3, 0.4) is 0 Å². The molecule has 0 fully saturated rings. The third-order valence-electron chi connectivity index (χ3n) is 2.75. The lowest BCUT2D eigenvalue weighted by atomic mass is 10.1. The molecule has 1 aliphatic rings. The minimum Gasteiger partial charge on any atom is -0.315 e. The first-order valence-electron chi connectivity index (χ1n) is 5.62. The van der Waals surface area contributed by atoms with E-state index in [9.17, 15) is 18.4 Å². The number of benzene rings is 1. The highest BCUT2D eigenvalue weighted by molar-refractivity contribution is 6.52. The Labute approximate surface area is 103 Å². The minimum atomic E-state index is -0.991. The van der Waals surface area contributed by atoms with Crippen LogP contribution in [0.4, 0.5) is 14.5 Å². The van der Waals surface area contributed by atoms with Crippen LogP contribution in [-0.4, -0.2) is 31.3 Å². The van der Waals surface area contributed by atoms with Gasteiger partial charge in [-0.25, -0.2) is 8.78 Å². The lowest BCUT2D eigenvalue weighted by Gasteiger charge is -2.16. The number of amides is 1. The van der Waals surface area contributed by atoms with Crippen molar-refractivity contribution in [2.45, 2.75) is 6.92 Å². The zero-order chi connectivity index (χ0) is 13.3. The average Bonchev–Trinajstić information content (AvgIpc) is 2.54. The summed E-state index contributed by atoms with van der Waals surface area (Å²) in [6.45, 7) is 3.26. The third-order valence-corrected chi connectivity index (χ3v) is 2.75. The summed E-state index contributed by atoms with van der Waals surface area (Å²) < 4.78 is 26.6. The second-order valence-electron chi connectivity index (χ2n) is 3.92. The monoisotopic (exact) mass is 254 g/mol. The predicted octanol–water partition coefficient (Wildman–Crippen LogP) is 1.10. The van der Waals surface area contributed by atoms with Gasteiger partial charge in [0.25, 0.3) is 11.7 Å². The zero-order valence-corrected chi connectivity index (χ0v) is 9.80. The summed E-state index contributed by atoms with van der Waals surface area (Å²) >= 11 is 0. The fourth-order valence-electron chi connectivity index (χ4n) is 1.93. The molecular weight excluding hydrogens is 242 g/mol. The number of hydrogen-bond acceptors (Lipinski definition) is 3. The van der Waals surface area contributed by atoms with E-state index >= 15 is 0 Å². The van der Waals surface area contributed by atoms with Gasteiger partial charge in [-0.2, -0.15) is 0 Å². The number of nitrogens with zero attached hydrogens (tertiary/aromatic N) is 1. The molecule has 2 rings (SSSR count). The number of ketones is 1. The van der Waals surface area contributed by atoms with Crippen LogP contribution in [0.15, 0.2) is 12.1 Å². The summed E-state index contributed by atoms with van der Waals surface area (Å²) in [6.07, 6.45) is 0. The number of carbonyl (C=O) groups is 2. The van der Waals surface area contributed by atoms with E-state index in [0.29, 0.717) is 19.2 Å². The maximum absolute atomic E-state index is 13.5. The van der Waals surface area contributed by atoms with Gasteiger partial charge in [-0.3, -0.25) is 9.59 Å². The molecule has 1 aromatic rings. The van der Waals surface area contributed by atoms with Crippen molar-refractivity contribution in [2.24, 2.45) is 0 Å². The first-order valence-corrected chi connectivity index (χ1v) is 5.62. The lowest BCUT2D eigenvalue weighted by Crippen LogP contribution is -2.36. The van der Waals surface area contributed by atoms with E-state index in [2.05, 4.69) is 5.32 Å². The molecule has 1 aromatic carbocycles. The number of halogens is 2. The van der Waals surface area contributed by atoms with Crippen LogP contribution in [0.2, 0.25) is 0 Å². The second-order valence-corrected chi connectivity index (χ2v) is 3.92. The minimum absolute atomic E-state index is 0.0143. The van der Waals surface area contributed by atoms with E-state index in [4.69, 9.17) is 0 Å². The van der Waals surface area contributed by atoms with Gasteiger partial charge in [0, 0.05) is 19.2 Å². The number of carbonyl (C=O) groups excluding carboxylic acids is 2. The SMILES string of the molecule is CCNCCN1C(=O)C(=O)c2c(F)cc(F)cc21. The molecule has 1 aliphatic heterocycles. The highest BCUT2D eigenvalue weighted by Crippen LogP contribution is 2.31. The van der Waals surface area contributed by atoms with Gasteiger partial charge in [-0.05, 0) is 12.6 Å². The summed E-state index contributed by atoms with van der Waals surface area (Å²) in [4.78, 5) is 24.4. The molecule has 1 heterocycles. The standard InChI is InChI=1S/C12H12F2N2O2/c1-2-15-3-4-16-9-6-7(13)5-8(14)10(9)11(17)12(16)18/h5-6,15H,2-4H2,1H3. The molecule has 0 radical (unpaired) electrons. The maximum Gasteiger partial charge on any atom is 0.299 e. The molecule has 0 aliphatic carbocycles. The fraction of sp³-hybridized carbons (Fsp3) is 0.333. The van der Waals surface area contributed by atoms with E-state index in [-0.39, 0.29) is 17.8 Å². The first-order chi connectivity index (χ1) is 8.56. The summed E-state index contributed by atoms with van der Waals surface area (Å²) in [5, 5.41) is 2.98. The zero-order valence-electron chi connectivity index (χ0n) is 9.80. The Morgan fingerprint density at radius 1 is 1.28 bits per heavy atom. The summed E-state index contributed by atoms with van der Waals surface area (Å²) in [7, 11) is 0. The van der Waals surface area contributed by atoms with Crippen molar-refractivity contribution in [3.8, 4) is 0 Å². The first kappa shape index (κ1) is 12.6. The summed E-state index contributed by atoms with van der Waals surface area (Å²) in [6, 6.07) is 1.62. The van der Waals surface area contributed by atoms with Gasteiger partial charge >= 0.3 is 0 Å². The third kappa shape index (κ3) is 1.99. The molecule has 1 amide bonds. The van der Waals surface area contributed by atoms with Crippen LogP contribution < -0.4 is 10.2 Å². The highest BCUT2D eigenvalue weighted by Gasteiger charge is 2.38. The molecule has 0 unspecified atom stereocenters. The van der Waals surface area contributed by atoms with Gasteiger partial charge in [-0.1, -0.05) is 6.92 Å². The highest BCUT2D eigenvalue weighted by atomic mass is 19.1. The van der Waals surface area contributed by atoms with Crippen molar-refractivity contribution in [3.05, 3.63) is 29.3 Å². The molecular formula is C12H12F2N2O2. The number of nitrogens with one attached hydrogen (secondary N) is 1. The predicted molar refractivity (Wildman–Crippen MR) is 61.6 cm³/mol. The number of Topliss-reactive ketones (excluding diaryl/α,β-unsaturated/α-hetero) is 1. The number of anilines is 1. The maximum atomic E-state index is 13.5. The fourth-order valence-corrected chi connectivity index (χ4v) is 1.93. The smallest absolute Gasteiger partial charge is 0.299 e. The number of hydrogen-bond donors (Lipinski definition) is 1. The van der Waals surface area contributed by atoms with E-state index < -0.39 is 23.3 Å². The van der Waals surface area contributed by atoms with Crippen molar-refractivity contribution in [2.75, 3.05) is 24.5 Å². The van der Waals surface area contributed by atoms with Gasteiger partial charge < -0.3 is 10.2 Å². The van der Waals surface area contributed by atoms with Crippen molar-refractivity contribution in [1.82, 2.24) is 5.32 Å². The topological polar surface area (TPSA) is 49.4 Å². The van der Waals surface area contributed by atoms with Crippen LogP contribution in [0.1, 0.15) is 17.3 Å². The van der Waals surface area contributed by atoms with Gasteiger partial charge in [0.15, 0.2) is 0 Å².